The highest BCUT2D eigenvalue weighted by Gasteiger charge is 2.32. The molecule has 4 heteroatoms. The van der Waals surface area contributed by atoms with Gasteiger partial charge >= 0.3 is 0 Å². The van der Waals surface area contributed by atoms with Crippen molar-refractivity contribution in [1.29, 1.82) is 0 Å². The van der Waals surface area contributed by atoms with Crippen molar-refractivity contribution in [2.45, 2.75) is 44.6 Å². The molecule has 102 valence electrons. The van der Waals surface area contributed by atoms with Gasteiger partial charge in [0.05, 0.1) is 19.0 Å². The van der Waals surface area contributed by atoms with Crippen molar-refractivity contribution in [3.8, 4) is 0 Å². The molecule has 0 amide bonds. The van der Waals surface area contributed by atoms with E-state index >= 15 is 0 Å². The van der Waals surface area contributed by atoms with E-state index in [1.54, 1.807) is 7.11 Å². The Hall–Kier alpha value is -0.870. The molecular weight excluding hydrogens is 226 g/mol. The summed E-state index contributed by atoms with van der Waals surface area (Å²) >= 11 is 0. The van der Waals surface area contributed by atoms with Gasteiger partial charge in [0.15, 0.2) is 0 Å². The van der Waals surface area contributed by atoms with Crippen molar-refractivity contribution in [2.75, 3.05) is 26.8 Å². The minimum Gasteiger partial charge on any atom is -0.383 e. The molecule has 0 aromatic carbocycles. The Kier molecular flexibility index (Phi) is 4.40. The molecule has 1 unspecified atom stereocenters. The summed E-state index contributed by atoms with van der Waals surface area (Å²) in [6, 6.07) is 0.402. The number of nitrogens with zero attached hydrogens (tertiary/aromatic N) is 2. The quantitative estimate of drug-likeness (QED) is 0.871. The summed E-state index contributed by atoms with van der Waals surface area (Å²) in [4.78, 5) is 4.38. The molecular formula is C14H25N3O. The van der Waals surface area contributed by atoms with Crippen LogP contribution in [0.3, 0.4) is 0 Å². The van der Waals surface area contributed by atoms with Gasteiger partial charge in [-0.05, 0) is 32.4 Å². The molecule has 1 fully saturated rings. The smallest absolute Gasteiger partial charge is 0.0951 e. The van der Waals surface area contributed by atoms with Gasteiger partial charge in [0.2, 0.25) is 0 Å². The Bertz CT molecular complexity index is 369. The first-order valence-electron chi connectivity index (χ1n) is 6.93. The van der Waals surface area contributed by atoms with E-state index in [-0.39, 0.29) is 5.41 Å². The molecule has 1 aliphatic heterocycles. The van der Waals surface area contributed by atoms with Crippen LogP contribution in [0.25, 0.3) is 0 Å². The maximum Gasteiger partial charge on any atom is 0.0951 e. The Balaban J connectivity index is 2.25. The van der Waals surface area contributed by atoms with Crippen molar-refractivity contribution < 1.29 is 4.74 Å². The zero-order chi connectivity index (χ0) is 13.0. The monoisotopic (exact) mass is 251 g/mol. The van der Waals surface area contributed by atoms with Gasteiger partial charge in [-0.25, -0.2) is 4.98 Å². The van der Waals surface area contributed by atoms with E-state index in [2.05, 4.69) is 28.7 Å². The lowest BCUT2D eigenvalue weighted by molar-refractivity contribution is 0.148. The topological polar surface area (TPSA) is 39.1 Å². The predicted molar refractivity (Wildman–Crippen MR) is 72.9 cm³/mol. The molecule has 0 radical (unpaired) electrons. The summed E-state index contributed by atoms with van der Waals surface area (Å²) in [6.07, 6.45) is 7.45. The molecule has 1 N–H and O–H groups in total. The van der Waals surface area contributed by atoms with Crippen molar-refractivity contribution in [3.63, 3.8) is 0 Å². The number of rotatable bonds is 5. The number of aromatic nitrogens is 2. The van der Waals surface area contributed by atoms with Crippen LogP contribution in [-0.4, -0.2) is 36.4 Å². The van der Waals surface area contributed by atoms with E-state index in [4.69, 9.17) is 4.74 Å². The van der Waals surface area contributed by atoms with E-state index < -0.39 is 0 Å². The molecule has 1 aromatic rings. The largest absolute Gasteiger partial charge is 0.383 e. The predicted octanol–water partition coefficient (Wildman–Crippen LogP) is 2.12. The second-order valence-corrected chi connectivity index (χ2v) is 5.51. The Morgan fingerprint density at radius 2 is 2.22 bits per heavy atom. The lowest BCUT2D eigenvalue weighted by Gasteiger charge is -2.36. The highest BCUT2D eigenvalue weighted by atomic mass is 16.5. The van der Waals surface area contributed by atoms with E-state index in [9.17, 15) is 0 Å². The van der Waals surface area contributed by atoms with Gasteiger partial charge in [-0.2, -0.15) is 0 Å². The van der Waals surface area contributed by atoms with Crippen molar-refractivity contribution in [2.24, 2.45) is 0 Å². The van der Waals surface area contributed by atoms with Crippen molar-refractivity contribution in [3.05, 3.63) is 18.2 Å². The summed E-state index contributed by atoms with van der Waals surface area (Å²) in [5, 5.41) is 3.44. The number of hydrogen-bond acceptors (Lipinski definition) is 3. The van der Waals surface area contributed by atoms with Crippen molar-refractivity contribution in [1.82, 2.24) is 14.9 Å². The van der Waals surface area contributed by atoms with Crippen LogP contribution in [0.4, 0.5) is 0 Å². The zero-order valence-electron chi connectivity index (χ0n) is 11.8. The van der Waals surface area contributed by atoms with Crippen LogP contribution in [0.2, 0.25) is 0 Å². The average molecular weight is 251 g/mol. The van der Waals surface area contributed by atoms with Crippen LogP contribution >= 0.6 is 0 Å². The lowest BCUT2D eigenvalue weighted by atomic mass is 9.78. The molecule has 1 aromatic heterocycles. The molecule has 2 rings (SSSR count). The highest BCUT2D eigenvalue weighted by molar-refractivity contribution is 5.16. The Morgan fingerprint density at radius 3 is 2.83 bits per heavy atom. The van der Waals surface area contributed by atoms with Gasteiger partial charge in [0.1, 0.15) is 0 Å². The van der Waals surface area contributed by atoms with Gasteiger partial charge in [-0.3, -0.25) is 0 Å². The Morgan fingerprint density at radius 1 is 1.50 bits per heavy atom. The van der Waals surface area contributed by atoms with Gasteiger partial charge in [0.25, 0.3) is 0 Å². The second kappa shape index (κ2) is 5.85. The van der Waals surface area contributed by atoms with Crippen molar-refractivity contribution >= 4 is 0 Å². The maximum absolute atomic E-state index is 5.33. The summed E-state index contributed by atoms with van der Waals surface area (Å²) in [5.41, 5.74) is 1.62. The molecule has 0 saturated carbocycles. The number of methoxy groups -OCH3 is 1. The number of piperidine rings is 1. The molecule has 0 bridgehead atoms. The van der Waals surface area contributed by atoms with E-state index in [1.807, 2.05) is 12.5 Å². The third-order valence-corrected chi connectivity index (χ3v) is 4.22. The van der Waals surface area contributed by atoms with E-state index in [1.165, 1.54) is 18.5 Å². The number of nitrogens with one attached hydrogen (secondary N) is 1. The third kappa shape index (κ3) is 2.59. The molecule has 1 aliphatic rings. The zero-order valence-corrected chi connectivity index (χ0v) is 11.8. The first-order chi connectivity index (χ1) is 8.71. The highest BCUT2D eigenvalue weighted by Crippen LogP contribution is 2.34. The minimum atomic E-state index is 0.253. The fraction of sp³-hybridized carbons (Fsp3) is 0.786. The normalized spacial score (nSPS) is 20.8. The van der Waals surface area contributed by atoms with Crippen LogP contribution in [0.5, 0.6) is 0 Å². The molecule has 2 heterocycles. The van der Waals surface area contributed by atoms with Crippen LogP contribution in [-0.2, 0) is 10.2 Å². The van der Waals surface area contributed by atoms with Crippen LogP contribution < -0.4 is 5.32 Å². The maximum atomic E-state index is 5.33. The Labute approximate surface area is 110 Å². The molecule has 18 heavy (non-hydrogen) atoms. The summed E-state index contributed by atoms with van der Waals surface area (Å²) in [5.74, 6) is 0. The molecule has 4 nitrogen and oxygen atoms in total. The third-order valence-electron chi connectivity index (χ3n) is 4.22. The lowest BCUT2D eigenvalue weighted by Crippen LogP contribution is -2.39. The van der Waals surface area contributed by atoms with Gasteiger partial charge in [-0.15, -0.1) is 0 Å². The van der Waals surface area contributed by atoms with Crippen LogP contribution in [0.1, 0.15) is 44.8 Å². The van der Waals surface area contributed by atoms with Crippen LogP contribution in [0.15, 0.2) is 12.5 Å². The SMILES string of the molecule is CCC(COC)n1cncc1C1(C)CCNCC1. The second-order valence-electron chi connectivity index (χ2n) is 5.51. The van der Waals surface area contributed by atoms with E-state index in [0.717, 1.165) is 26.1 Å². The summed E-state index contributed by atoms with van der Waals surface area (Å²) < 4.78 is 7.66. The molecule has 0 aliphatic carbocycles. The number of hydrogen-bond donors (Lipinski definition) is 1. The summed E-state index contributed by atoms with van der Waals surface area (Å²) in [7, 11) is 1.77. The van der Waals surface area contributed by atoms with Gasteiger partial charge in [-0.1, -0.05) is 13.8 Å². The standard InChI is InChI=1S/C14H25N3O/c1-4-12(10-18-3)17-11-16-9-13(17)14(2)5-7-15-8-6-14/h9,11-12,15H,4-8,10H2,1-3H3. The fourth-order valence-corrected chi connectivity index (χ4v) is 2.89. The first-order valence-corrected chi connectivity index (χ1v) is 6.93. The van der Waals surface area contributed by atoms with E-state index in [0.29, 0.717) is 6.04 Å². The van der Waals surface area contributed by atoms with Gasteiger partial charge < -0.3 is 14.6 Å². The number of ether oxygens (including phenoxy) is 1. The average Bonchev–Trinajstić information content (AvgIpc) is 2.86. The first kappa shape index (κ1) is 13.6. The van der Waals surface area contributed by atoms with Gasteiger partial charge in [0, 0.05) is 24.4 Å². The van der Waals surface area contributed by atoms with Crippen LogP contribution in [0, 0.1) is 0 Å². The molecule has 1 saturated heterocycles. The minimum absolute atomic E-state index is 0.253. The summed E-state index contributed by atoms with van der Waals surface area (Å²) in [6.45, 7) is 7.53. The molecule has 1 atom stereocenters. The molecule has 0 spiro atoms. The fourth-order valence-electron chi connectivity index (χ4n) is 2.89. The number of imidazole rings is 1.